The molecule has 1 aromatic carbocycles. The maximum Gasteiger partial charge on any atom is 0.418 e. The first-order chi connectivity index (χ1) is 20.2. The lowest BCUT2D eigenvalue weighted by Gasteiger charge is -2.25. The lowest BCUT2D eigenvalue weighted by Crippen LogP contribution is -2.43. The van der Waals surface area contributed by atoms with E-state index in [1.54, 1.807) is 0 Å². The molecular weight excluding hydrogens is 632 g/mol. The molecule has 4 rings (SSSR count). The molecular formula is C24H18F12N6O2. The minimum absolute atomic E-state index is 0.322. The van der Waals surface area contributed by atoms with Gasteiger partial charge in [-0.05, 0) is 18.2 Å². The van der Waals surface area contributed by atoms with Crippen LogP contribution in [0.15, 0.2) is 24.5 Å². The van der Waals surface area contributed by atoms with E-state index >= 15 is 0 Å². The molecule has 8 nitrogen and oxygen atoms in total. The minimum Gasteiger partial charge on any atom is -0.382 e. The Morgan fingerprint density at radius 2 is 1.66 bits per heavy atom. The number of likely N-dealkylation sites (tertiary alicyclic amines) is 1. The van der Waals surface area contributed by atoms with Crippen molar-refractivity contribution < 1.29 is 62.3 Å². The van der Waals surface area contributed by atoms with Crippen LogP contribution in [0.4, 0.5) is 58.5 Å². The van der Waals surface area contributed by atoms with Gasteiger partial charge in [-0.3, -0.25) is 9.59 Å². The summed E-state index contributed by atoms with van der Waals surface area (Å²) in [6.45, 7) is -3.53. The summed E-state index contributed by atoms with van der Waals surface area (Å²) in [7, 11) is 0. The molecule has 1 fully saturated rings. The molecule has 0 unspecified atom stereocenters. The van der Waals surface area contributed by atoms with E-state index in [2.05, 4.69) is 10.1 Å². The number of hydrogen-bond acceptors (Lipinski definition) is 5. The van der Waals surface area contributed by atoms with Crippen LogP contribution in [-0.4, -0.2) is 69.0 Å². The van der Waals surface area contributed by atoms with Gasteiger partial charge in [0.25, 0.3) is 5.91 Å². The van der Waals surface area contributed by atoms with E-state index in [1.807, 2.05) is 5.32 Å². The molecule has 2 amide bonds. The first-order valence-electron chi connectivity index (χ1n) is 12.2. The Labute approximate surface area is 237 Å². The average molecular weight is 650 g/mol. The molecule has 0 bridgehead atoms. The Morgan fingerprint density at radius 3 is 2.23 bits per heavy atom. The standard InChI is InChI=1S/C24H18F12N6O2/c25-5-11-10(1-9(2-13(11)26)16-3-12(22(28,29)30)19-20(37)38-8-39-42(16)19)21(44)40-15-7-41(6-14(15)27)18(43)4-17(23(31,32)33)24(34,35)36/h1-3,8,14-15,17H,4-7H2,(H,40,44)(H2,37,38,39)/t14-,15+/m0/s1. The molecule has 0 radical (unpaired) electrons. The van der Waals surface area contributed by atoms with Crippen LogP contribution in [-0.2, 0) is 17.6 Å². The van der Waals surface area contributed by atoms with Crippen molar-refractivity contribution in [3.05, 3.63) is 47.0 Å². The fraction of sp³-hybridized carbons (Fsp3) is 0.417. The van der Waals surface area contributed by atoms with Crippen molar-refractivity contribution in [2.24, 2.45) is 5.92 Å². The number of aromatic nitrogens is 3. The summed E-state index contributed by atoms with van der Waals surface area (Å²) in [6, 6.07) is 0.131. The number of carbonyl (C=O) groups excluding carboxylic acids is 2. The Balaban J connectivity index is 1.63. The van der Waals surface area contributed by atoms with Crippen molar-refractivity contribution in [1.82, 2.24) is 24.8 Å². The van der Waals surface area contributed by atoms with Gasteiger partial charge in [-0.25, -0.2) is 22.7 Å². The van der Waals surface area contributed by atoms with Crippen molar-refractivity contribution in [2.75, 3.05) is 18.8 Å². The molecule has 3 N–H and O–H groups in total. The highest BCUT2D eigenvalue weighted by atomic mass is 19.4. The summed E-state index contributed by atoms with van der Waals surface area (Å²) >= 11 is 0. The molecule has 2 aromatic heterocycles. The Morgan fingerprint density at radius 1 is 1.02 bits per heavy atom. The fourth-order valence-electron chi connectivity index (χ4n) is 4.68. The maximum absolute atomic E-state index is 14.9. The lowest BCUT2D eigenvalue weighted by atomic mass is 10.0. The zero-order chi connectivity index (χ0) is 32.9. The lowest BCUT2D eigenvalue weighted by molar-refractivity contribution is -0.284. The molecule has 20 heteroatoms. The van der Waals surface area contributed by atoms with Gasteiger partial charge >= 0.3 is 18.5 Å². The van der Waals surface area contributed by atoms with Gasteiger partial charge in [-0.1, -0.05) is 0 Å². The molecule has 0 aliphatic carbocycles. The van der Waals surface area contributed by atoms with Crippen LogP contribution < -0.4 is 11.1 Å². The van der Waals surface area contributed by atoms with Crippen LogP contribution in [0.3, 0.4) is 0 Å². The first kappa shape index (κ1) is 32.6. The summed E-state index contributed by atoms with van der Waals surface area (Å²) in [5, 5.41) is 5.65. The summed E-state index contributed by atoms with van der Waals surface area (Å²) in [4.78, 5) is 29.0. The van der Waals surface area contributed by atoms with Crippen molar-refractivity contribution in [1.29, 1.82) is 0 Å². The van der Waals surface area contributed by atoms with Crippen molar-refractivity contribution in [2.45, 2.75) is 43.8 Å². The Hall–Kier alpha value is -4.26. The van der Waals surface area contributed by atoms with Crippen LogP contribution in [0, 0.1) is 11.7 Å². The van der Waals surface area contributed by atoms with E-state index in [4.69, 9.17) is 5.73 Å². The third kappa shape index (κ3) is 6.33. The number of carbonyl (C=O) groups is 2. The molecule has 3 aromatic rings. The minimum atomic E-state index is -5.84. The smallest absolute Gasteiger partial charge is 0.382 e. The number of nitrogens with zero attached hydrogens (tertiary/aromatic N) is 4. The number of halogens is 12. The van der Waals surface area contributed by atoms with E-state index in [-0.39, 0.29) is 0 Å². The molecule has 44 heavy (non-hydrogen) atoms. The second-order valence-electron chi connectivity index (χ2n) is 9.70. The number of nitrogens with two attached hydrogens (primary N) is 1. The SMILES string of the molecule is Nc1ncnn2c(-c3cc(F)c(CF)c(C(=O)N[C@@H]4CN(C(=O)CC(C(F)(F)F)C(F)(F)F)C[C@@H]4F)c3)cc(C(F)(F)F)c12. The number of anilines is 1. The number of alkyl halides is 11. The summed E-state index contributed by atoms with van der Waals surface area (Å²) in [5.74, 6) is -9.18. The molecule has 1 aliphatic rings. The normalized spacial score (nSPS) is 18.0. The zero-order valence-corrected chi connectivity index (χ0v) is 21.6. The van der Waals surface area contributed by atoms with E-state index in [0.29, 0.717) is 21.5 Å². The summed E-state index contributed by atoms with van der Waals surface area (Å²) in [6.07, 6.45) is -20.2. The predicted octanol–water partition coefficient (Wildman–Crippen LogP) is 5.02. The van der Waals surface area contributed by atoms with Gasteiger partial charge < -0.3 is 16.0 Å². The highest BCUT2D eigenvalue weighted by molar-refractivity contribution is 5.97. The number of rotatable bonds is 6. The Bertz CT molecular complexity index is 1570. The third-order valence-corrected chi connectivity index (χ3v) is 6.84. The number of fused-ring (bicyclic) bond motifs is 1. The molecule has 2 atom stereocenters. The number of amides is 2. The van der Waals surface area contributed by atoms with Crippen LogP contribution in [0.25, 0.3) is 16.8 Å². The van der Waals surface area contributed by atoms with Crippen molar-refractivity contribution in [3.63, 3.8) is 0 Å². The van der Waals surface area contributed by atoms with Gasteiger partial charge in [0.05, 0.1) is 23.8 Å². The summed E-state index contributed by atoms with van der Waals surface area (Å²) in [5.41, 5.74) is 0.867. The van der Waals surface area contributed by atoms with Crippen molar-refractivity contribution in [3.8, 4) is 11.3 Å². The van der Waals surface area contributed by atoms with Gasteiger partial charge in [0.1, 0.15) is 30.5 Å². The number of nitrogens with one attached hydrogen (secondary N) is 1. The highest BCUT2D eigenvalue weighted by Gasteiger charge is 2.57. The third-order valence-electron chi connectivity index (χ3n) is 6.84. The molecule has 3 heterocycles. The van der Waals surface area contributed by atoms with Crippen LogP contribution in [0.2, 0.25) is 0 Å². The Kier molecular flexibility index (Phi) is 8.42. The topological polar surface area (TPSA) is 106 Å². The molecule has 1 aliphatic heterocycles. The van der Waals surface area contributed by atoms with E-state index in [9.17, 15) is 62.3 Å². The van der Waals surface area contributed by atoms with Gasteiger partial charge in [0.2, 0.25) is 5.91 Å². The monoisotopic (exact) mass is 650 g/mol. The molecule has 1 saturated heterocycles. The molecule has 0 saturated carbocycles. The number of nitrogen functional groups attached to an aromatic ring is 1. The van der Waals surface area contributed by atoms with Gasteiger partial charge in [-0.15, -0.1) is 0 Å². The predicted molar refractivity (Wildman–Crippen MR) is 126 cm³/mol. The average Bonchev–Trinajstić information content (AvgIpc) is 3.47. The van der Waals surface area contributed by atoms with Gasteiger partial charge in [0, 0.05) is 29.7 Å². The second-order valence-corrected chi connectivity index (χ2v) is 9.70. The zero-order valence-electron chi connectivity index (χ0n) is 21.6. The second kappa shape index (κ2) is 11.3. The quantitative estimate of drug-likeness (QED) is 0.365. The van der Waals surface area contributed by atoms with E-state index < -0.39 is 120 Å². The van der Waals surface area contributed by atoms with Crippen LogP contribution in [0.1, 0.15) is 27.9 Å². The van der Waals surface area contributed by atoms with E-state index in [0.717, 1.165) is 12.4 Å². The largest absolute Gasteiger partial charge is 0.418 e. The van der Waals surface area contributed by atoms with Gasteiger partial charge in [-0.2, -0.15) is 44.6 Å². The van der Waals surface area contributed by atoms with Crippen LogP contribution >= 0.6 is 0 Å². The molecule has 0 spiro atoms. The van der Waals surface area contributed by atoms with E-state index in [1.165, 1.54) is 0 Å². The van der Waals surface area contributed by atoms with Crippen molar-refractivity contribution >= 4 is 23.1 Å². The number of hydrogen-bond donors (Lipinski definition) is 2. The summed E-state index contributed by atoms with van der Waals surface area (Å²) < 4.78 is 162. The number of benzene rings is 1. The van der Waals surface area contributed by atoms with Crippen LogP contribution in [0.5, 0.6) is 0 Å². The fourth-order valence-corrected chi connectivity index (χ4v) is 4.68. The van der Waals surface area contributed by atoms with Gasteiger partial charge in [0.15, 0.2) is 11.7 Å². The maximum atomic E-state index is 14.9. The molecule has 240 valence electrons. The first-order valence-corrected chi connectivity index (χ1v) is 12.2. The highest BCUT2D eigenvalue weighted by Crippen LogP contribution is 2.42.